The predicted molar refractivity (Wildman–Crippen MR) is 224 cm³/mol. The Hall–Kier alpha value is -7.18. The van der Waals surface area contributed by atoms with Crippen molar-refractivity contribution in [2.45, 2.75) is 13.8 Å². The standard InChI is InChI=1S/C50H32F2N4/c1-29-45-39-9-3-4-12-43(39)55-49(31-13-18-37(51)19-14-31)47(45)30(2)46-40-22-17-33(28-44(40)56-50(48(29)46)32-15-20-38(52)21-16-32)34-25-35(41-10-5-7-23-53-41)27-36(26-34)42-11-6-8-24-54-42/h3-28H,1-2H3. The molecule has 10 rings (SSSR count). The molecule has 4 aromatic heterocycles. The van der Waals surface area contributed by atoms with Crippen molar-refractivity contribution >= 4 is 43.4 Å². The van der Waals surface area contributed by atoms with E-state index in [4.69, 9.17) is 9.97 Å². The van der Waals surface area contributed by atoms with Crippen LogP contribution in [0.5, 0.6) is 0 Å². The van der Waals surface area contributed by atoms with Gasteiger partial charge in [0.05, 0.1) is 33.8 Å². The summed E-state index contributed by atoms with van der Waals surface area (Å²) in [5.41, 5.74) is 12.6. The van der Waals surface area contributed by atoms with Crippen molar-refractivity contribution in [3.05, 3.63) is 181 Å². The molecular weight excluding hydrogens is 695 g/mol. The molecule has 0 aliphatic carbocycles. The molecule has 0 aliphatic rings. The van der Waals surface area contributed by atoms with Crippen LogP contribution in [-0.4, -0.2) is 19.9 Å². The van der Waals surface area contributed by atoms with Gasteiger partial charge in [0.1, 0.15) is 11.6 Å². The van der Waals surface area contributed by atoms with Crippen LogP contribution < -0.4 is 0 Å². The van der Waals surface area contributed by atoms with Crippen molar-refractivity contribution in [2.24, 2.45) is 0 Å². The highest BCUT2D eigenvalue weighted by molar-refractivity contribution is 6.25. The van der Waals surface area contributed by atoms with Gasteiger partial charge >= 0.3 is 0 Å². The maximum absolute atomic E-state index is 14.4. The van der Waals surface area contributed by atoms with Crippen LogP contribution in [0.1, 0.15) is 11.1 Å². The lowest BCUT2D eigenvalue weighted by Crippen LogP contribution is -1.99. The molecule has 4 heterocycles. The topological polar surface area (TPSA) is 51.6 Å². The second-order valence-electron chi connectivity index (χ2n) is 14.2. The van der Waals surface area contributed by atoms with Gasteiger partial charge in [-0.05, 0) is 150 Å². The van der Waals surface area contributed by atoms with Gasteiger partial charge in [-0.25, -0.2) is 18.7 Å². The van der Waals surface area contributed by atoms with Crippen LogP contribution in [0.15, 0.2) is 158 Å². The lowest BCUT2D eigenvalue weighted by Gasteiger charge is -2.21. The normalized spacial score (nSPS) is 11.6. The minimum atomic E-state index is -0.308. The maximum atomic E-state index is 14.4. The molecule has 0 amide bonds. The monoisotopic (exact) mass is 726 g/mol. The van der Waals surface area contributed by atoms with Gasteiger partial charge in [0, 0.05) is 56.2 Å². The lowest BCUT2D eigenvalue weighted by atomic mass is 9.85. The fourth-order valence-electron chi connectivity index (χ4n) is 8.21. The summed E-state index contributed by atoms with van der Waals surface area (Å²) >= 11 is 0. The molecule has 0 spiro atoms. The minimum Gasteiger partial charge on any atom is -0.256 e. The van der Waals surface area contributed by atoms with Gasteiger partial charge < -0.3 is 0 Å². The molecule has 0 N–H and O–H groups in total. The van der Waals surface area contributed by atoms with Crippen LogP contribution in [0.4, 0.5) is 8.78 Å². The van der Waals surface area contributed by atoms with E-state index in [0.29, 0.717) is 0 Å². The summed E-state index contributed by atoms with van der Waals surface area (Å²) in [5.74, 6) is -0.608. The number of hydrogen-bond acceptors (Lipinski definition) is 4. The fraction of sp³-hybridized carbons (Fsp3) is 0.0400. The van der Waals surface area contributed by atoms with Crippen LogP contribution in [-0.2, 0) is 0 Å². The summed E-state index contributed by atoms with van der Waals surface area (Å²) in [4.78, 5) is 20.0. The number of aromatic nitrogens is 4. The Bertz CT molecular complexity index is 3090. The molecule has 6 heteroatoms. The number of pyridine rings is 4. The van der Waals surface area contributed by atoms with Crippen molar-refractivity contribution in [3.8, 4) is 56.2 Å². The number of halogens is 2. The smallest absolute Gasteiger partial charge is 0.123 e. The molecule has 0 saturated carbocycles. The van der Waals surface area contributed by atoms with E-state index < -0.39 is 0 Å². The van der Waals surface area contributed by atoms with Crippen LogP contribution in [0.25, 0.3) is 99.5 Å². The molecule has 0 fully saturated rings. The first-order chi connectivity index (χ1) is 27.4. The zero-order valence-corrected chi connectivity index (χ0v) is 30.6. The Kier molecular flexibility index (Phi) is 7.92. The van der Waals surface area contributed by atoms with E-state index in [0.717, 1.165) is 111 Å². The molecule has 266 valence electrons. The van der Waals surface area contributed by atoms with Crippen LogP contribution in [0.2, 0.25) is 0 Å². The predicted octanol–water partition coefficient (Wildman–Crippen LogP) is 13.1. The van der Waals surface area contributed by atoms with Crippen LogP contribution in [0.3, 0.4) is 0 Å². The quantitative estimate of drug-likeness (QED) is 0.131. The van der Waals surface area contributed by atoms with Crippen molar-refractivity contribution in [3.63, 3.8) is 0 Å². The highest BCUT2D eigenvalue weighted by Crippen LogP contribution is 2.46. The SMILES string of the molecule is Cc1c2c(-c3ccc(F)cc3)nc3cc(-c4cc(-c5ccccn5)cc(-c5ccccn5)c4)ccc3c2c(C)c2c(-c3ccc(F)cc3)nc3ccccc3c12. The Balaban J connectivity index is 1.30. The van der Waals surface area contributed by atoms with Crippen molar-refractivity contribution in [1.29, 1.82) is 0 Å². The molecule has 0 bridgehead atoms. The van der Waals surface area contributed by atoms with Gasteiger partial charge in [-0.3, -0.25) is 9.97 Å². The minimum absolute atomic E-state index is 0.299. The van der Waals surface area contributed by atoms with Crippen molar-refractivity contribution in [2.75, 3.05) is 0 Å². The van der Waals surface area contributed by atoms with Gasteiger partial charge in [-0.15, -0.1) is 0 Å². The third-order valence-corrected chi connectivity index (χ3v) is 10.8. The molecule has 0 unspecified atom stereocenters. The second-order valence-corrected chi connectivity index (χ2v) is 14.2. The van der Waals surface area contributed by atoms with E-state index in [1.54, 1.807) is 36.7 Å². The zero-order valence-electron chi connectivity index (χ0n) is 30.6. The van der Waals surface area contributed by atoms with Crippen molar-refractivity contribution in [1.82, 2.24) is 19.9 Å². The van der Waals surface area contributed by atoms with E-state index in [9.17, 15) is 8.78 Å². The number of nitrogens with zero attached hydrogens (tertiary/aromatic N) is 4. The summed E-state index contributed by atoms with van der Waals surface area (Å²) in [7, 11) is 0. The number of rotatable bonds is 5. The first-order valence-electron chi connectivity index (χ1n) is 18.5. The Labute approximate surface area is 321 Å². The summed E-state index contributed by atoms with van der Waals surface area (Å²) < 4.78 is 28.7. The molecule has 10 aromatic rings. The van der Waals surface area contributed by atoms with Gasteiger partial charge in [0.25, 0.3) is 0 Å². The van der Waals surface area contributed by atoms with E-state index in [1.165, 1.54) is 24.3 Å². The number of aryl methyl sites for hydroxylation is 2. The number of hydrogen-bond donors (Lipinski definition) is 0. The third-order valence-electron chi connectivity index (χ3n) is 10.8. The summed E-state index contributed by atoms with van der Waals surface area (Å²) in [6.07, 6.45) is 3.61. The molecule has 0 aliphatic heterocycles. The van der Waals surface area contributed by atoms with E-state index in [-0.39, 0.29) is 11.6 Å². The van der Waals surface area contributed by atoms with Crippen molar-refractivity contribution < 1.29 is 8.78 Å². The van der Waals surface area contributed by atoms with Gasteiger partial charge in [0.15, 0.2) is 0 Å². The fourth-order valence-corrected chi connectivity index (χ4v) is 8.21. The number of benzene rings is 6. The highest BCUT2D eigenvalue weighted by atomic mass is 19.1. The molecule has 0 atom stereocenters. The maximum Gasteiger partial charge on any atom is 0.123 e. The molecule has 56 heavy (non-hydrogen) atoms. The van der Waals surface area contributed by atoms with E-state index >= 15 is 0 Å². The molecule has 0 radical (unpaired) electrons. The number of para-hydroxylation sites is 1. The van der Waals surface area contributed by atoms with E-state index in [1.807, 2.05) is 54.6 Å². The Morgan fingerprint density at radius 3 is 1.38 bits per heavy atom. The van der Waals surface area contributed by atoms with Gasteiger partial charge in [-0.2, -0.15) is 0 Å². The molecule has 4 nitrogen and oxygen atoms in total. The summed E-state index contributed by atoms with van der Waals surface area (Å²) in [6, 6.07) is 46.0. The first-order valence-corrected chi connectivity index (χ1v) is 18.5. The average molecular weight is 727 g/mol. The largest absolute Gasteiger partial charge is 0.256 e. The zero-order chi connectivity index (χ0) is 37.9. The summed E-state index contributed by atoms with van der Waals surface area (Å²) in [6.45, 7) is 4.28. The Morgan fingerprint density at radius 2 is 0.839 bits per heavy atom. The Morgan fingerprint density at radius 1 is 0.375 bits per heavy atom. The molecular formula is C50H32F2N4. The highest BCUT2D eigenvalue weighted by Gasteiger charge is 2.23. The third kappa shape index (κ3) is 5.57. The summed E-state index contributed by atoms with van der Waals surface area (Å²) in [5, 5.41) is 6.12. The molecule has 6 aromatic carbocycles. The first kappa shape index (κ1) is 33.4. The van der Waals surface area contributed by atoms with Crippen LogP contribution in [0, 0.1) is 25.5 Å². The second kappa shape index (κ2) is 13.3. The van der Waals surface area contributed by atoms with Gasteiger partial charge in [0.2, 0.25) is 0 Å². The van der Waals surface area contributed by atoms with Gasteiger partial charge in [-0.1, -0.05) is 42.5 Å². The molecule has 0 saturated heterocycles. The average Bonchev–Trinajstić information content (AvgIpc) is 3.25. The number of fused-ring (bicyclic) bond motifs is 6. The lowest BCUT2D eigenvalue weighted by molar-refractivity contribution is 0.627. The van der Waals surface area contributed by atoms with Crippen LogP contribution >= 0.6 is 0 Å². The van der Waals surface area contributed by atoms with E-state index in [2.05, 4.69) is 66.3 Å².